The van der Waals surface area contributed by atoms with Crippen LogP contribution in [0.2, 0.25) is 0 Å². The van der Waals surface area contributed by atoms with Crippen LogP contribution in [0.1, 0.15) is 77.2 Å². The lowest BCUT2D eigenvalue weighted by Crippen LogP contribution is -2.72. The van der Waals surface area contributed by atoms with Crippen LogP contribution in [-0.2, 0) is 20.7 Å². The number of carbonyl (C=O) groups is 3. The van der Waals surface area contributed by atoms with Crippen LogP contribution in [0.25, 0.3) is 0 Å². The largest absolute Gasteiger partial charge is 0.450 e. The summed E-state index contributed by atoms with van der Waals surface area (Å²) in [6.45, 7) is 8.33. The van der Waals surface area contributed by atoms with Crippen molar-refractivity contribution in [3.05, 3.63) is 35.9 Å². The van der Waals surface area contributed by atoms with Crippen molar-refractivity contribution in [2.45, 2.75) is 89.6 Å². The van der Waals surface area contributed by atoms with Gasteiger partial charge in [-0.15, -0.1) is 0 Å². The molecule has 8 nitrogen and oxygen atoms in total. The van der Waals surface area contributed by atoms with Crippen molar-refractivity contribution in [3.63, 3.8) is 0 Å². The van der Waals surface area contributed by atoms with Crippen molar-refractivity contribution in [2.75, 3.05) is 39.3 Å². The predicted octanol–water partition coefficient (Wildman–Crippen LogP) is 3.89. The van der Waals surface area contributed by atoms with Crippen molar-refractivity contribution in [1.29, 1.82) is 0 Å². The highest BCUT2D eigenvalue weighted by Crippen LogP contribution is 2.34. The molecule has 2 heterocycles. The molecule has 0 bridgehead atoms. The fourth-order valence-corrected chi connectivity index (χ4v) is 5.43. The Labute approximate surface area is 222 Å². The normalized spacial score (nSPS) is 19.6. The smallest absolute Gasteiger partial charge is 0.407 e. The molecule has 1 aromatic carbocycles. The Morgan fingerprint density at radius 1 is 1.03 bits per heavy atom. The van der Waals surface area contributed by atoms with Gasteiger partial charge >= 0.3 is 6.09 Å². The van der Waals surface area contributed by atoms with E-state index in [-0.39, 0.29) is 17.9 Å². The van der Waals surface area contributed by atoms with Crippen LogP contribution in [-0.4, -0.2) is 78.6 Å². The third kappa shape index (κ3) is 8.19. The molecule has 1 spiro atoms. The number of piperidine rings is 1. The van der Waals surface area contributed by atoms with Crippen molar-refractivity contribution >= 4 is 17.9 Å². The van der Waals surface area contributed by atoms with Crippen molar-refractivity contribution in [2.24, 2.45) is 0 Å². The molecule has 0 radical (unpaired) electrons. The van der Waals surface area contributed by atoms with Crippen molar-refractivity contribution in [1.82, 2.24) is 20.4 Å². The van der Waals surface area contributed by atoms with Crippen LogP contribution in [0.3, 0.4) is 0 Å². The number of unbranched alkanes of at least 4 members (excludes halogenated alkanes) is 3. The third-order valence-electron chi connectivity index (χ3n) is 7.67. The number of alkyl carbamates (subject to hydrolysis) is 1. The molecule has 8 heteroatoms. The Bertz CT molecular complexity index is 855. The lowest BCUT2D eigenvalue weighted by molar-refractivity contribution is -0.161. The molecule has 3 amide bonds. The van der Waals surface area contributed by atoms with E-state index in [4.69, 9.17) is 4.74 Å². The maximum atomic E-state index is 13.5. The standard InChI is InChI=1S/C29H46N4O4/c1-3-5-11-23-37-28(36)30-18-10-9-14-25-26(34)33(19-4-2)29(27(35)31-25)16-21-32(22-17-29)20-15-24-12-7-6-8-13-24/h6-8,12-13,25H,3-5,9-11,14-23H2,1-2H3,(H,30,36)(H,31,35)/t25-/m0/s1. The van der Waals surface area contributed by atoms with E-state index in [1.807, 2.05) is 11.0 Å². The zero-order chi connectivity index (χ0) is 26.5. The molecule has 1 atom stereocenters. The second-order valence-electron chi connectivity index (χ2n) is 10.4. The van der Waals surface area contributed by atoms with E-state index < -0.39 is 11.6 Å². The number of nitrogens with one attached hydrogen (secondary N) is 2. The van der Waals surface area contributed by atoms with Crippen LogP contribution in [0.15, 0.2) is 30.3 Å². The molecule has 1 aromatic rings. The molecule has 0 unspecified atom stereocenters. The molecule has 2 fully saturated rings. The van der Waals surface area contributed by atoms with Gasteiger partial charge in [0.15, 0.2) is 0 Å². The van der Waals surface area contributed by atoms with Gasteiger partial charge in [0.1, 0.15) is 11.6 Å². The fourth-order valence-electron chi connectivity index (χ4n) is 5.43. The molecule has 3 rings (SSSR count). The Morgan fingerprint density at radius 3 is 2.49 bits per heavy atom. The maximum Gasteiger partial charge on any atom is 0.407 e. The van der Waals surface area contributed by atoms with Gasteiger partial charge in [0.05, 0.1) is 6.61 Å². The number of carbonyl (C=O) groups excluding carboxylic acids is 3. The van der Waals surface area contributed by atoms with Gasteiger partial charge in [0.2, 0.25) is 11.8 Å². The van der Waals surface area contributed by atoms with Crippen LogP contribution >= 0.6 is 0 Å². The van der Waals surface area contributed by atoms with E-state index in [0.29, 0.717) is 39.0 Å². The number of likely N-dealkylation sites (tertiary alicyclic amines) is 1. The first-order chi connectivity index (χ1) is 18.0. The molecule has 2 aliphatic rings. The van der Waals surface area contributed by atoms with Crippen molar-refractivity contribution in [3.8, 4) is 0 Å². The highest BCUT2D eigenvalue weighted by molar-refractivity contribution is 6.00. The Hall–Kier alpha value is -2.61. The second-order valence-corrected chi connectivity index (χ2v) is 10.4. The van der Waals surface area contributed by atoms with Gasteiger partial charge < -0.3 is 25.2 Å². The molecule has 2 N–H and O–H groups in total. The van der Waals surface area contributed by atoms with Crippen LogP contribution in [0, 0.1) is 0 Å². The van der Waals surface area contributed by atoms with E-state index >= 15 is 0 Å². The van der Waals surface area contributed by atoms with Crippen LogP contribution < -0.4 is 10.6 Å². The molecule has 0 saturated carbocycles. The average Bonchev–Trinajstić information content (AvgIpc) is 2.92. The van der Waals surface area contributed by atoms with Crippen LogP contribution in [0.4, 0.5) is 4.79 Å². The van der Waals surface area contributed by atoms with E-state index in [1.165, 1.54) is 5.56 Å². The minimum atomic E-state index is -0.726. The molecular formula is C29H46N4O4. The number of hydrogen-bond donors (Lipinski definition) is 2. The second kappa shape index (κ2) is 15.0. The Balaban J connectivity index is 1.44. The first kappa shape index (κ1) is 29.0. The summed E-state index contributed by atoms with van der Waals surface area (Å²) in [4.78, 5) is 42.9. The monoisotopic (exact) mass is 514 g/mol. The zero-order valence-corrected chi connectivity index (χ0v) is 22.8. The lowest BCUT2D eigenvalue weighted by Gasteiger charge is -2.51. The summed E-state index contributed by atoms with van der Waals surface area (Å²) in [5, 5.41) is 5.84. The first-order valence-corrected chi connectivity index (χ1v) is 14.3. The van der Waals surface area contributed by atoms with Gasteiger partial charge in [0.25, 0.3) is 0 Å². The van der Waals surface area contributed by atoms with E-state index in [1.54, 1.807) is 0 Å². The Kier molecular flexibility index (Phi) is 11.7. The van der Waals surface area contributed by atoms with Gasteiger partial charge in [-0.05, 0) is 56.9 Å². The average molecular weight is 515 g/mol. The van der Waals surface area contributed by atoms with E-state index in [0.717, 1.165) is 64.6 Å². The minimum absolute atomic E-state index is 0.00189. The third-order valence-corrected chi connectivity index (χ3v) is 7.67. The molecule has 0 aromatic heterocycles. The van der Waals surface area contributed by atoms with Gasteiger partial charge in [-0.1, -0.05) is 57.0 Å². The van der Waals surface area contributed by atoms with Gasteiger partial charge in [-0.2, -0.15) is 0 Å². The van der Waals surface area contributed by atoms with Crippen molar-refractivity contribution < 1.29 is 19.1 Å². The molecule has 37 heavy (non-hydrogen) atoms. The fraction of sp³-hybridized carbons (Fsp3) is 0.690. The molecule has 0 aliphatic carbocycles. The zero-order valence-electron chi connectivity index (χ0n) is 22.8. The number of benzene rings is 1. The summed E-state index contributed by atoms with van der Waals surface area (Å²) in [6, 6.07) is 9.99. The lowest BCUT2D eigenvalue weighted by atomic mass is 9.81. The summed E-state index contributed by atoms with van der Waals surface area (Å²) in [5.74, 6) is 0.0459. The highest BCUT2D eigenvalue weighted by Gasteiger charge is 2.52. The molecular weight excluding hydrogens is 468 g/mol. The molecule has 2 saturated heterocycles. The summed E-state index contributed by atoms with van der Waals surface area (Å²) >= 11 is 0. The Morgan fingerprint density at radius 2 is 1.78 bits per heavy atom. The van der Waals surface area contributed by atoms with E-state index in [2.05, 4.69) is 53.6 Å². The quantitative estimate of drug-likeness (QED) is 0.368. The number of ether oxygens (including phenoxy) is 1. The number of hydrogen-bond acceptors (Lipinski definition) is 5. The van der Waals surface area contributed by atoms with Gasteiger partial charge in [-0.3, -0.25) is 9.59 Å². The van der Waals surface area contributed by atoms with Gasteiger partial charge in [0, 0.05) is 32.7 Å². The highest BCUT2D eigenvalue weighted by atomic mass is 16.5. The minimum Gasteiger partial charge on any atom is -0.450 e. The molecule has 206 valence electrons. The number of piperazine rings is 1. The number of amides is 3. The molecule has 2 aliphatic heterocycles. The van der Waals surface area contributed by atoms with E-state index in [9.17, 15) is 14.4 Å². The summed E-state index contributed by atoms with van der Waals surface area (Å²) < 4.78 is 5.15. The maximum absolute atomic E-state index is 13.5. The summed E-state index contributed by atoms with van der Waals surface area (Å²) in [5.41, 5.74) is 0.596. The number of nitrogens with zero attached hydrogens (tertiary/aromatic N) is 2. The first-order valence-electron chi connectivity index (χ1n) is 14.3. The van der Waals surface area contributed by atoms with Crippen LogP contribution in [0.5, 0.6) is 0 Å². The SMILES string of the molecule is CCCCCOC(=O)NCCCC[C@@H]1NC(=O)C2(CCN(CCc3ccccc3)CC2)N(CCC)C1=O. The number of rotatable bonds is 14. The predicted molar refractivity (Wildman–Crippen MR) is 145 cm³/mol. The summed E-state index contributed by atoms with van der Waals surface area (Å²) in [6.07, 6.45) is 7.87. The van der Waals surface area contributed by atoms with Gasteiger partial charge in [-0.25, -0.2) is 4.79 Å². The summed E-state index contributed by atoms with van der Waals surface area (Å²) in [7, 11) is 0. The topological polar surface area (TPSA) is 91.0 Å².